The van der Waals surface area contributed by atoms with Gasteiger partial charge in [-0.1, -0.05) is 0 Å². The van der Waals surface area contributed by atoms with Gasteiger partial charge in [-0.2, -0.15) is 4.98 Å². The second-order valence-electron chi connectivity index (χ2n) is 7.55. The monoisotopic (exact) mass is 421 g/mol. The summed E-state index contributed by atoms with van der Waals surface area (Å²) in [7, 11) is 0. The molecule has 3 aromatic heterocycles. The zero-order valence-corrected chi connectivity index (χ0v) is 16.8. The van der Waals surface area contributed by atoms with Crippen LogP contribution in [0.2, 0.25) is 0 Å². The van der Waals surface area contributed by atoms with Gasteiger partial charge in [0.25, 0.3) is 6.01 Å². The summed E-state index contributed by atoms with van der Waals surface area (Å²) in [5, 5.41) is 15.9. The minimum atomic E-state index is -0.156. The third kappa shape index (κ3) is 2.94. The number of rotatable bonds is 5. The van der Waals surface area contributed by atoms with E-state index in [2.05, 4.69) is 20.2 Å². The molecule has 3 fully saturated rings. The van der Waals surface area contributed by atoms with Crippen molar-refractivity contribution in [3.8, 4) is 22.2 Å². The van der Waals surface area contributed by atoms with Crippen LogP contribution in [-0.2, 0) is 6.61 Å². The molecule has 3 aliphatic heterocycles. The van der Waals surface area contributed by atoms with Gasteiger partial charge in [-0.05, 0) is 30.7 Å². The third-order valence-electron chi connectivity index (χ3n) is 5.58. The number of aliphatic hydroxyl groups is 1. The van der Waals surface area contributed by atoms with Crippen molar-refractivity contribution in [1.82, 2.24) is 20.3 Å². The number of nitrogens with zero attached hydrogens (tertiary/aromatic N) is 4. The number of aliphatic hydroxyl groups excluding tert-OH is 1. The van der Waals surface area contributed by atoms with Crippen LogP contribution in [0.1, 0.15) is 12.0 Å². The standard InChI is InChI=1S/C21H19N5O3S/c27-11-12-2-1-5-22-19(12)28-16-4-3-15(20-23-6-7-30-20)18-17(16)25-21(29-18)26-9-13-8-14(10-26)24-13/h1-7,13-14,24,27H,8-11H2. The van der Waals surface area contributed by atoms with Gasteiger partial charge in [0.2, 0.25) is 5.88 Å². The molecule has 9 heteroatoms. The van der Waals surface area contributed by atoms with Gasteiger partial charge >= 0.3 is 0 Å². The van der Waals surface area contributed by atoms with E-state index in [1.165, 1.54) is 6.42 Å². The van der Waals surface area contributed by atoms with Crippen molar-refractivity contribution in [1.29, 1.82) is 0 Å². The second-order valence-corrected chi connectivity index (χ2v) is 8.45. The lowest BCUT2D eigenvalue weighted by atomic mass is 9.92. The van der Waals surface area contributed by atoms with Crippen LogP contribution in [0, 0.1) is 0 Å². The van der Waals surface area contributed by atoms with Gasteiger partial charge in [-0.25, -0.2) is 9.97 Å². The van der Waals surface area contributed by atoms with E-state index in [-0.39, 0.29) is 6.61 Å². The van der Waals surface area contributed by atoms with E-state index in [9.17, 15) is 5.11 Å². The molecule has 4 aromatic rings. The first-order chi connectivity index (χ1) is 14.8. The highest BCUT2D eigenvalue weighted by Gasteiger charge is 2.38. The largest absolute Gasteiger partial charge is 0.436 e. The number of aromatic nitrogens is 3. The molecule has 0 spiro atoms. The van der Waals surface area contributed by atoms with E-state index in [1.54, 1.807) is 35.9 Å². The Hall–Kier alpha value is -3.01. The summed E-state index contributed by atoms with van der Waals surface area (Å²) in [5.41, 5.74) is 2.76. The maximum Gasteiger partial charge on any atom is 0.298 e. The lowest BCUT2D eigenvalue weighted by molar-refractivity contribution is 0.220. The number of oxazole rings is 1. The lowest BCUT2D eigenvalue weighted by Crippen LogP contribution is -2.67. The number of thiazole rings is 1. The molecule has 6 heterocycles. The zero-order valence-electron chi connectivity index (χ0n) is 16.0. The number of nitrogens with one attached hydrogen (secondary N) is 1. The Morgan fingerprint density at radius 1 is 1.20 bits per heavy atom. The minimum Gasteiger partial charge on any atom is -0.436 e. The van der Waals surface area contributed by atoms with Crippen LogP contribution >= 0.6 is 11.3 Å². The van der Waals surface area contributed by atoms with E-state index in [4.69, 9.17) is 14.1 Å². The van der Waals surface area contributed by atoms with Crippen molar-refractivity contribution in [3.63, 3.8) is 0 Å². The molecule has 2 bridgehead atoms. The molecule has 2 N–H and O–H groups in total. The maximum absolute atomic E-state index is 9.61. The number of piperazine rings is 1. The van der Waals surface area contributed by atoms with Gasteiger partial charge in [0.15, 0.2) is 16.8 Å². The van der Waals surface area contributed by atoms with Gasteiger partial charge in [-0.15, -0.1) is 11.3 Å². The van der Waals surface area contributed by atoms with Crippen LogP contribution in [0.25, 0.3) is 21.7 Å². The number of ether oxygens (including phenoxy) is 1. The quantitative estimate of drug-likeness (QED) is 0.507. The van der Waals surface area contributed by atoms with Crippen molar-refractivity contribution in [2.45, 2.75) is 25.1 Å². The molecule has 1 aromatic carbocycles. The minimum absolute atomic E-state index is 0.156. The first-order valence-electron chi connectivity index (χ1n) is 9.85. The Morgan fingerprint density at radius 3 is 2.83 bits per heavy atom. The predicted octanol–water partition coefficient (Wildman–Crippen LogP) is 3.18. The molecule has 0 saturated carbocycles. The number of fused-ring (bicyclic) bond motifs is 3. The Morgan fingerprint density at radius 2 is 2.07 bits per heavy atom. The number of anilines is 1. The molecular formula is C21H19N5O3S. The highest BCUT2D eigenvalue weighted by molar-refractivity contribution is 7.13. The summed E-state index contributed by atoms with van der Waals surface area (Å²) in [6.07, 6.45) is 4.62. The van der Waals surface area contributed by atoms with Crippen molar-refractivity contribution in [2.24, 2.45) is 0 Å². The van der Waals surface area contributed by atoms with Crippen LogP contribution in [0.15, 0.2) is 46.5 Å². The average molecular weight is 421 g/mol. The smallest absolute Gasteiger partial charge is 0.298 e. The Kier molecular flexibility index (Phi) is 4.19. The predicted molar refractivity (Wildman–Crippen MR) is 113 cm³/mol. The van der Waals surface area contributed by atoms with Crippen LogP contribution in [-0.4, -0.2) is 45.2 Å². The molecule has 2 atom stereocenters. The maximum atomic E-state index is 9.61. The van der Waals surface area contributed by atoms with Gasteiger partial charge in [0, 0.05) is 48.5 Å². The fourth-order valence-electron chi connectivity index (χ4n) is 4.12. The zero-order chi connectivity index (χ0) is 20.1. The second kappa shape index (κ2) is 7.05. The molecule has 0 amide bonds. The molecule has 2 unspecified atom stereocenters. The van der Waals surface area contributed by atoms with Gasteiger partial charge in [-0.3, -0.25) is 0 Å². The summed E-state index contributed by atoms with van der Waals surface area (Å²) in [6, 6.07) is 8.92. The number of hydrogen-bond acceptors (Lipinski definition) is 9. The SMILES string of the molecule is OCc1cccnc1Oc1ccc(-c2nccs2)c2oc(N3CC4CC(C3)N4)nc12. The van der Waals surface area contributed by atoms with Crippen LogP contribution in [0.3, 0.4) is 0 Å². The van der Waals surface area contributed by atoms with Crippen molar-refractivity contribution in [3.05, 3.63) is 47.6 Å². The van der Waals surface area contributed by atoms with Crippen LogP contribution < -0.4 is 15.0 Å². The first-order valence-corrected chi connectivity index (χ1v) is 10.7. The van der Waals surface area contributed by atoms with Crippen molar-refractivity contribution in [2.75, 3.05) is 18.0 Å². The van der Waals surface area contributed by atoms with Crippen molar-refractivity contribution >= 4 is 28.5 Å². The van der Waals surface area contributed by atoms with Crippen LogP contribution in [0.4, 0.5) is 6.01 Å². The summed E-state index contributed by atoms with van der Waals surface area (Å²) < 4.78 is 12.3. The molecular weight excluding hydrogens is 402 g/mol. The molecule has 3 aliphatic rings. The summed E-state index contributed by atoms with van der Waals surface area (Å²) in [4.78, 5) is 15.7. The third-order valence-corrected chi connectivity index (χ3v) is 6.38. The molecule has 0 aliphatic carbocycles. The number of pyridine rings is 1. The molecule has 152 valence electrons. The first kappa shape index (κ1) is 17.8. The molecule has 30 heavy (non-hydrogen) atoms. The van der Waals surface area contributed by atoms with Crippen LogP contribution in [0.5, 0.6) is 11.6 Å². The average Bonchev–Trinajstić information content (AvgIpc) is 3.45. The fraction of sp³-hybridized carbons (Fsp3) is 0.286. The molecule has 8 nitrogen and oxygen atoms in total. The van der Waals surface area contributed by atoms with E-state index in [0.29, 0.717) is 46.4 Å². The van der Waals surface area contributed by atoms with E-state index in [0.717, 1.165) is 23.7 Å². The molecule has 0 radical (unpaired) electrons. The van der Waals surface area contributed by atoms with Gasteiger partial charge in [0.1, 0.15) is 5.01 Å². The summed E-state index contributed by atoms with van der Waals surface area (Å²) in [5.74, 6) is 0.894. The highest BCUT2D eigenvalue weighted by atomic mass is 32.1. The van der Waals surface area contributed by atoms with Gasteiger partial charge < -0.3 is 24.5 Å². The van der Waals surface area contributed by atoms with Gasteiger partial charge in [0.05, 0.1) is 12.2 Å². The van der Waals surface area contributed by atoms with E-state index in [1.807, 2.05) is 17.5 Å². The number of piperidine rings is 1. The topological polar surface area (TPSA) is 96.5 Å². The van der Waals surface area contributed by atoms with E-state index >= 15 is 0 Å². The van der Waals surface area contributed by atoms with E-state index < -0.39 is 0 Å². The Balaban J connectivity index is 1.46. The van der Waals surface area contributed by atoms with Crippen molar-refractivity contribution < 1.29 is 14.3 Å². The molecule has 3 saturated heterocycles. The number of hydrogen-bond donors (Lipinski definition) is 2. The number of benzene rings is 1. The highest BCUT2D eigenvalue weighted by Crippen LogP contribution is 2.40. The Bertz CT molecular complexity index is 1190. The fourth-order valence-corrected chi connectivity index (χ4v) is 4.78. The normalized spacial score (nSPS) is 20.4. The Labute approximate surface area is 176 Å². The summed E-state index contributed by atoms with van der Waals surface area (Å²) in [6.45, 7) is 1.60. The summed E-state index contributed by atoms with van der Waals surface area (Å²) >= 11 is 1.55. The molecule has 7 rings (SSSR count). The lowest BCUT2D eigenvalue weighted by Gasteiger charge is -2.47.